The molecule has 0 aliphatic carbocycles. The maximum Gasteiger partial charge on any atom is 0.0408 e. The summed E-state index contributed by atoms with van der Waals surface area (Å²) in [7, 11) is 0. The molecule has 1 atom stereocenters. The molecule has 3 heteroatoms. The lowest BCUT2D eigenvalue weighted by molar-refractivity contribution is 0.506. The minimum Gasteiger partial charge on any atom is -0.314 e. The predicted molar refractivity (Wildman–Crippen MR) is 84.9 cm³/mol. The fraction of sp³-hybridized carbons (Fsp3) is 0.600. The van der Waals surface area contributed by atoms with Gasteiger partial charge in [-0.2, -0.15) is 11.8 Å². The van der Waals surface area contributed by atoms with E-state index in [0.29, 0.717) is 12.0 Å². The van der Waals surface area contributed by atoms with Gasteiger partial charge in [-0.05, 0) is 48.5 Å². The molecule has 0 amide bonds. The standard InChI is InChI=1S/C15H24ClNS/c1-12(2)17-11-14(7-5-9-18-3)13-6-4-8-15(16)10-13/h4,6,8,10,12,14,17H,5,7,9,11H2,1-3H3. The van der Waals surface area contributed by atoms with Crippen LogP contribution in [0.25, 0.3) is 0 Å². The van der Waals surface area contributed by atoms with Gasteiger partial charge in [-0.15, -0.1) is 0 Å². The molecular weight excluding hydrogens is 262 g/mol. The van der Waals surface area contributed by atoms with Crippen LogP contribution < -0.4 is 5.32 Å². The Bertz CT molecular complexity index is 341. The second-order valence-corrected chi connectivity index (χ2v) is 6.37. The molecule has 0 fully saturated rings. The maximum absolute atomic E-state index is 6.09. The summed E-state index contributed by atoms with van der Waals surface area (Å²) in [5.74, 6) is 1.80. The van der Waals surface area contributed by atoms with Crippen LogP contribution in [0.3, 0.4) is 0 Å². The Morgan fingerprint density at radius 2 is 2.11 bits per heavy atom. The summed E-state index contributed by atoms with van der Waals surface area (Å²) in [5, 5.41) is 4.38. The lowest BCUT2D eigenvalue weighted by Gasteiger charge is -2.20. The first kappa shape index (κ1) is 15.9. The molecule has 1 aromatic rings. The Labute approximate surface area is 121 Å². The van der Waals surface area contributed by atoms with Gasteiger partial charge in [-0.1, -0.05) is 37.6 Å². The van der Waals surface area contributed by atoms with Crippen LogP contribution in [-0.4, -0.2) is 24.6 Å². The van der Waals surface area contributed by atoms with Crippen LogP contribution in [0.2, 0.25) is 5.02 Å². The summed E-state index contributed by atoms with van der Waals surface area (Å²) in [6.07, 6.45) is 4.65. The van der Waals surface area contributed by atoms with Crippen LogP contribution in [0.4, 0.5) is 0 Å². The van der Waals surface area contributed by atoms with Gasteiger partial charge in [0.25, 0.3) is 0 Å². The predicted octanol–water partition coefficient (Wildman–Crippen LogP) is 4.56. The van der Waals surface area contributed by atoms with Crippen molar-refractivity contribution in [1.29, 1.82) is 0 Å². The van der Waals surface area contributed by atoms with Crippen molar-refractivity contribution in [1.82, 2.24) is 5.32 Å². The molecule has 18 heavy (non-hydrogen) atoms. The molecule has 0 saturated carbocycles. The van der Waals surface area contributed by atoms with Crippen molar-refractivity contribution in [3.63, 3.8) is 0 Å². The number of hydrogen-bond acceptors (Lipinski definition) is 2. The monoisotopic (exact) mass is 285 g/mol. The van der Waals surface area contributed by atoms with Gasteiger partial charge < -0.3 is 5.32 Å². The Balaban J connectivity index is 2.63. The zero-order valence-corrected chi connectivity index (χ0v) is 13.2. The average Bonchev–Trinajstić information content (AvgIpc) is 2.33. The van der Waals surface area contributed by atoms with E-state index in [1.54, 1.807) is 0 Å². The molecule has 1 unspecified atom stereocenters. The summed E-state index contributed by atoms with van der Waals surface area (Å²) in [4.78, 5) is 0. The Morgan fingerprint density at radius 1 is 1.33 bits per heavy atom. The number of hydrogen-bond donors (Lipinski definition) is 1. The lowest BCUT2D eigenvalue weighted by Crippen LogP contribution is -2.28. The van der Waals surface area contributed by atoms with E-state index in [-0.39, 0.29) is 0 Å². The van der Waals surface area contributed by atoms with E-state index in [9.17, 15) is 0 Å². The van der Waals surface area contributed by atoms with Gasteiger partial charge in [0.2, 0.25) is 0 Å². The molecule has 1 nitrogen and oxygen atoms in total. The van der Waals surface area contributed by atoms with Gasteiger partial charge in [0.15, 0.2) is 0 Å². The van der Waals surface area contributed by atoms with Crippen molar-refractivity contribution in [3.05, 3.63) is 34.9 Å². The number of halogens is 1. The third-order valence-corrected chi connectivity index (χ3v) is 3.93. The van der Waals surface area contributed by atoms with Crippen molar-refractivity contribution in [3.8, 4) is 0 Å². The quantitative estimate of drug-likeness (QED) is 0.703. The zero-order valence-electron chi connectivity index (χ0n) is 11.6. The van der Waals surface area contributed by atoms with Gasteiger partial charge in [0.1, 0.15) is 0 Å². The fourth-order valence-corrected chi connectivity index (χ4v) is 2.65. The van der Waals surface area contributed by atoms with Crippen molar-refractivity contribution >= 4 is 23.4 Å². The minimum absolute atomic E-state index is 0.534. The van der Waals surface area contributed by atoms with Crippen LogP contribution in [-0.2, 0) is 0 Å². The van der Waals surface area contributed by atoms with Crippen molar-refractivity contribution < 1.29 is 0 Å². The van der Waals surface area contributed by atoms with Crippen LogP contribution in [0.1, 0.15) is 38.2 Å². The van der Waals surface area contributed by atoms with Gasteiger partial charge in [-0.25, -0.2) is 0 Å². The molecule has 102 valence electrons. The van der Waals surface area contributed by atoms with Crippen molar-refractivity contribution in [2.45, 2.75) is 38.6 Å². The molecule has 0 heterocycles. The molecule has 0 aliphatic heterocycles. The summed E-state index contributed by atoms with van der Waals surface area (Å²) in [5.41, 5.74) is 1.36. The second kappa shape index (κ2) is 8.84. The Hall–Kier alpha value is -0.180. The molecule has 0 radical (unpaired) electrons. The van der Waals surface area contributed by atoms with Crippen LogP contribution >= 0.6 is 23.4 Å². The van der Waals surface area contributed by atoms with Gasteiger partial charge in [0.05, 0.1) is 0 Å². The smallest absolute Gasteiger partial charge is 0.0408 e. The molecule has 1 rings (SSSR count). The van der Waals surface area contributed by atoms with Crippen LogP contribution in [0.15, 0.2) is 24.3 Å². The first-order valence-electron chi connectivity index (χ1n) is 6.61. The van der Waals surface area contributed by atoms with Gasteiger partial charge in [-0.3, -0.25) is 0 Å². The van der Waals surface area contributed by atoms with E-state index >= 15 is 0 Å². The largest absolute Gasteiger partial charge is 0.314 e. The molecule has 0 spiro atoms. The van der Waals surface area contributed by atoms with E-state index in [1.165, 1.54) is 24.2 Å². The van der Waals surface area contributed by atoms with Crippen molar-refractivity contribution in [2.75, 3.05) is 18.6 Å². The highest BCUT2D eigenvalue weighted by molar-refractivity contribution is 7.98. The number of benzene rings is 1. The van der Waals surface area contributed by atoms with Crippen LogP contribution in [0.5, 0.6) is 0 Å². The van der Waals surface area contributed by atoms with Crippen molar-refractivity contribution in [2.24, 2.45) is 0 Å². The highest BCUT2D eigenvalue weighted by atomic mass is 35.5. The highest BCUT2D eigenvalue weighted by Gasteiger charge is 2.12. The average molecular weight is 286 g/mol. The highest BCUT2D eigenvalue weighted by Crippen LogP contribution is 2.24. The summed E-state index contributed by atoms with van der Waals surface area (Å²) < 4.78 is 0. The number of nitrogens with one attached hydrogen (secondary N) is 1. The third kappa shape index (κ3) is 6.12. The topological polar surface area (TPSA) is 12.0 Å². The lowest BCUT2D eigenvalue weighted by atomic mass is 9.94. The Kier molecular flexibility index (Phi) is 7.80. The first-order valence-corrected chi connectivity index (χ1v) is 8.38. The number of rotatable bonds is 8. The van der Waals surface area contributed by atoms with Gasteiger partial charge >= 0.3 is 0 Å². The first-order chi connectivity index (χ1) is 8.63. The molecule has 1 aromatic carbocycles. The maximum atomic E-state index is 6.09. The molecule has 0 bridgehead atoms. The third-order valence-electron chi connectivity index (χ3n) is 2.99. The van der Waals surface area contributed by atoms with E-state index in [1.807, 2.05) is 17.8 Å². The SMILES string of the molecule is CSCCCC(CNC(C)C)c1cccc(Cl)c1. The fourth-order valence-electron chi connectivity index (χ4n) is 2.00. The summed E-state index contributed by atoms with van der Waals surface area (Å²) in [6, 6.07) is 8.83. The van der Waals surface area contributed by atoms with Crippen LogP contribution in [0, 0.1) is 0 Å². The molecule has 0 saturated heterocycles. The normalized spacial score (nSPS) is 12.9. The second-order valence-electron chi connectivity index (χ2n) is 4.95. The molecule has 1 N–H and O–H groups in total. The molecule has 0 aromatic heterocycles. The minimum atomic E-state index is 0.534. The molecular formula is C15H24ClNS. The zero-order chi connectivity index (χ0) is 13.4. The number of thioether (sulfide) groups is 1. The summed E-state index contributed by atoms with van der Waals surface area (Å²) in [6.45, 7) is 5.42. The van der Waals surface area contributed by atoms with E-state index in [0.717, 1.165) is 11.6 Å². The van der Waals surface area contributed by atoms with Gasteiger partial charge in [0, 0.05) is 17.6 Å². The summed E-state index contributed by atoms with van der Waals surface area (Å²) >= 11 is 8.01. The van der Waals surface area contributed by atoms with E-state index in [2.05, 4.69) is 43.6 Å². The Morgan fingerprint density at radius 3 is 2.72 bits per heavy atom. The van der Waals surface area contributed by atoms with E-state index in [4.69, 9.17) is 11.6 Å². The molecule has 0 aliphatic rings. The van der Waals surface area contributed by atoms with E-state index < -0.39 is 0 Å².